The van der Waals surface area contributed by atoms with Crippen LogP contribution in [0.5, 0.6) is 5.88 Å². The Morgan fingerprint density at radius 2 is 2.36 bits per heavy atom. The third-order valence-corrected chi connectivity index (χ3v) is 1.39. The smallest absolute Gasteiger partial charge is 0.356 e. The molecule has 0 saturated heterocycles. The average Bonchev–Trinajstić information content (AvgIpc) is 2.18. The van der Waals surface area contributed by atoms with Crippen molar-refractivity contribution in [1.82, 2.24) is 10.2 Å². The van der Waals surface area contributed by atoms with E-state index in [1.807, 2.05) is 0 Å². The van der Waals surface area contributed by atoms with Crippen LogP contribution in [0, 0.1) is 12.3 Å². The van der Waals surface area contributed by atoms with Crippen molar-refractivity contribution in [1.29, 1.82) is 0 Å². The molecule has 1 atom stereocenters. The van der Waals surface area contributed by atoms with Gasteiger partial charge in [-0.1, -0.05) is 5.92 Å². The predicted octanol–water partition coefficient (Wildman–Crippen LogP) is 0.575. The topological polar surface area (TPSA) is 72.3 Å². The molecule has 1 aromatic rings. The minimum Gasteiger partial charge on any atom is -0.476 e. The third kappa shape index (κ3) is 2.45. The van der Waals surface area contributed by atoms with Crippen LogP contribution in [-0.2, 0) is 0 Å². The Morgan fingerprint density at radius 3 is 2.79 bits per heavy atom. The Labute approximate surface area is 80.7 Å². The number of terminal acetylenes is 1. The van der Waals surface area contributed by atoms with Gasteiger partial charge in [-0.15, -0.1) is 16.6 Å². The summed E-state index contributed by atoms with van der Waals surface area (Å²) in [7, 11) is 0. The molecule has 1 aromatic heterocycles. The maximum atomic E-state index is 10.4. The first-order valence-electron chi connectivity index (χ1n) is 3.83. The summed E-state index contributed by atoms with van der Waals surface area (Å²) in [6.07, 6.45) is 4.66. The van der Waals surface area contributed by atoms with Gasteiger partial charge in [0, 0.05) is 6.07 Å². The first kappa shape index (κ1) is 9.99. The van der Waals surface area contributed by atoms with Crippen molar-refractivity contribution in [2.24, 2.45) is 0 Å². The van der Waals surface area contributed by atoms with Crippen molar-refractivity contribution >= 4 is 5.97 Å². The lowest BCUT2D eigenvalue weighted by Crippen LogP contribution is -2.10. The minimum absolute atomic E-state index is 0.134. The van der Waals surface area contributed by atoms with Gasteiger partial charge in [0.2, 0.25) is 5.88 Å². The molecular formula is C9H8N2O3. The Balaban J connectivity index is 2.75. The molecule has 0 aliphatic rings. The second kappa shape index (κ2) is 4.23. The van der Waals surface area contributed by atoms with E-state index in [9.17, 15) is 4.79 Å². The van der Waals surface area contributed by atoms with Crippen LogP contribution in [-0.4, -0.2) is 27.4 Å². The highest BCUT2D eigenvalue weighted by molar-refractivity contribution is 5.84. The van der Waals surface area contributed by atoms with Gasteiger partial charge in [-0.05, 0) is 13.0 Å². The molecule has 0 bridgehead atoms. The Hall–Kier alpha value is -2.09. The summed E-state index contributed by atoms with van der Waals surface area (Å²) in [4.78, 5) is 10.4. The number of carboxylic acid groups (broad SMARTS) is 1. The summed E-state index contributed by atoms with van der Waals surface area (Å²) in [5.41, 5.74) is -0.134. The van der Waals surface area contributed by atoms with E-state index in [1.165, 1.54) is 12.1 Å². The van der Waals surface area contributed by atoms with E-state index in [2.05, 4.69) is 16.1 Å². The molecule has 0 aromatic carbocycles. The first-order chi connectivity index (χ1) is 6.63. The first-order valence-corrected chi connectivity index (χ1v) is 3.83. The van der Waals surface area contributed by atoms with Gasteiger partial charge in [0.25, 0.3) is 0 Å². The van der Waals surface area contributed by atoms with Gasteiger partial charge in [-0.2, -0.15) is 0 Å². The van der Waals surface area contributed by atoms with Crippen molar-refractivity contribution < 1.29 is 14.6 Å². The Kier molecular flexibility index (Phi) is 3.02. The highest BCUT2D eigenvalue weighted by atomic mass is 16.5. The molecule has 0 fully saturated rings. The van der Waals surface area contributed by atoms with Gasteiger partial charge >= 0.3 is 5.97 Å². The van der Waals surface area contributed by atoms with Gasteiger partial charge in [0.1, 0.15) is 0 Å². The zero-order valence-corrected chi connectivity index (χ0v) is 7.47. The maximum Gasteiger partial charge on any atom is 0.356 e. The zero-order chi connectivity index (χ0) is 10.6. The van der Waals surface area contributed by atoms with E-state index in [-0.39, 0.29) is 11.6 Å². The van der Waals surface area contributed by atoms with Crippen LogP contribution >= 0.6 is 0 Å². The quantitative estimate of drug-likeness (QED) is 0.709. The summed E-state index contributed by atoms with van der Waals surface area (Å²) in [5, 5.41) is 15.5. The van der Waals surface area contributed by atoms with Crippen molar-refractivity contribution in [2.75, 3.05) is 0 Å². The van der Waals surface area contributed by atoms with Gasteiger partial charge in [0.05, 0.1) is 0 Å². The van der Waals surface area contributed by atoms with Crippen LogP contribution in [0.3, 0.4) is 0 Å². The van der Waals surface area contributed by atoms with Crippen molar-refractivity contribution in [3.8, 4) is 18.2 Å². The van der Waals surface area contributed by atoms with E-state index in [1.54, 1.807) is 6.92 Å². The molecule has 14 heavy (non-hydrogen) atoms. The van der Waals surface area contributed by atoms with Crippen molar-refractivity contribution in [3.05, 3.63) is 17.8 Å². The number of rotatable bonds is 3. The number of aromatic nitrogens is 2. The van der Waals surface area contributed by atoms with Crippen LogP contribution in [0.1, 0.15) is 17.4 Å². The Bertz CT molecular complexity index is 367. The molecule has 0 radical (unpaired) electrons. The zero-order valence-electron chi connectivity index (χ0n) is 7.47. The van der Waals surface area contributed by atoms with Crippen molar-refractivity contribution in [3.63, 3.8) is 0 Å². The number of ether oxygens (including phenoxy) is 1. The van der Waals surface area contributed by atoms with Crippen LogP contribution in [0.4, 0.5) is 0 Å². The maximum absolute atomic E-state index is 10.4. The molecule has 1 heterocycles. The normalized spacial score (nSPS) is 11.4. The molecule has 1 N–H and O–H groups in total. The molecule has 5 heteroatoms. The lowest BCUT2D eigenvalue weighted by Gasteiger charge is -2.06. The number of carboxylic acids is 1. The van der Waals surface area contributed by atoms with E-state index >= 15 is 0 Å². The van der Waals surface area contributed by atoms with Crippen LogP contribution < -0.4 is 4.74 Å². The van der Waals surface area contributed by atoms with Gasteiger partial charge in [-0.25, -0.2) is 4.79 Å². The van der Waals surface area contributed by atoms with E-state index < -0.39 is 12.1 Å². The molecule has 5 nitrogen and oxygen atoms in total. The molecule has 0 saturated carbocycles. The van der Waals surface area contributed by atoms with Gasteiger partial charge in [0.15, 0.2) is 11.8 Å². The lowest BCUT2D eigenvalue weighted by molar-refractivity contribution is 0.0689. The number of nitrogens with zero attached hydrogens (tertiary/aromatic N) is 2. The summed E-state index contributed by atoms with van der Waals surface area (Å²) in [6, 6.07) is 2.71. The van der Waals surface area contributed by atoms with Crippen molar-refractivity contribution in [2.45, 2.75) is 13.0 Å². The second-order valence-electron chi connectivity index (χ2n) is 2.49. The highest BCUT2D eigenvalue weighted by Gasteiger charge is 2.06. The summed E-state index contributed by atoms with van der Waals surface area (Å²) in [5.74, 6) is 1.42. The molecule has 1 unspecified atom stereocenters. The summed E-state index contributed by atoms with van der Waals surface area (Å²) < 4.78 is 5.10. The molecule has 0 aliphatic carbocycles. The number of hydrogen-bond donors (Lipinski definition) is 1. The van der Waals surface area contributed by atoms with E-state index in [4.69, 9.17) is 16.3 Å². The number of carbonyl (C=O) groups is 1. The third-order valence-electron chi connectivity index (χ3n) is 1.39. The molecule has 0 spiro atoms. The Morgan fingerprint density at radius 1 is 1.64 bits per heavy atom. The number of aromatic carboxylic acids is 1. The average molecular weight is 192 g/mol. The summed E-state index contributed by atoms with van der Waals surface area (Å²) >= 11 is 0. The monoisotopic (exact) mass is 192 g/mol. The molecule has 0 aliphatic heterocycles. The molecule has 0 amide bonds. The SMILES string of the molecule is C#CC(C)Oc1ccc(C(=O)O)nn1. The standard InChI is InChI=1S/C9H8N2O3/c1-3-6(2)14-8-5-4-7(9(12)13)10-11-8/h1,4-6H,2H3,(H,12,13). The highest BCUT2D eigenvalue weighted by Crippen LogP contribution is 2.06. The molecule has 1 rings (SSSR count). The largest absolute Gasteiger partial charge is 0.476 e. The van der Waals surface area contributed by atoms with Crippen LogP contribution in [0.25, 0.3) is 0 Å². The fraction of sp³-hybridized carbons (Fsp3) is 0.222. The fourth-order valence-electron chi connectivity index (χ4n) is 0.712. The minimum atomic E-state index is -1.13. The predicted molar refractivity (Wildman–Crippen MR) is 47.9 cm³/mol. The fourth-order valence-corrected chi connectivity index (χ4v) is 0.712. The summed E-state index contributed by atoms with van der Waals surface area (Å²) in [6.45, 7) is 1.67. The van der Waals surface area contributed by atoms with Crippen LogP contribution in [0.2, 0.25) is 0 Å². The second-order valence-corrected chi connectivity index (χ2v) is 2.49. The number of hydrogen-bond acceptors (Lipinski definition) is 4. The molecule has 72 valence electrons. The van der Waals surface area contributed by atoms with Gasteiger partial charge in [-0.3, -0.25) is 0 Å². The lowest BCUT2D eigenvalue weighted by atomic mass is 10.4. The van der Waals surface area contributed by atoms with Crippen LogP contribution in [0.15, 0.2) is 12.1 Å². The van der Waals surface area contributed by atoms with E-state index in [0.29, 0.717) is 0 Å². The van der Waals surface area contributed by atoms with E-state index in [0.717, 1.165) is 0 Å². The molecular weight excluding hydrogens is 184 g/mol. The van der Waals surface area contributed by atoms with Gasteiger partial charge < -0.3 is 9.84 Å².